The summed E-state index contributed by atoms with van der Waals surface area (Å²) in [6.45, 7) is 1.48. The van der Waals surface area contributed by atoms with Gasteiger partial charge in [0, 0.05) is 24.7 Å². The zero-order chi connectivity index (χ0) is 17.1. The van der Waals surface area contributed by atoms with Gasteiger partial charge in [-0.1, -0.05) is 0 Å². The lowest BCUT2D eigenvalue weighted by atomic mass is 10.2. The van der Waals surface area contributed by atoms with Crippen molar-refractivity contribution in [1.82, 2.24) is 19.9 Å². The SMILES string of the molecule is O=C(CCNc1ncnc2nc[nH]c12)Nc1ccc2c(c1)OCCO2. The normalized spacial score (nSPS) is 12.8. The molecule has 0 radical (unpaired) electrons. The molecule has 0 spiro atoms. The highest BCUT2D eigenvalue weighted by Crippen LogP contribution is 2.32. The number of amides is 1. The standard InChI is InChI=1S/C16H16N6O3/c23-13(22-10-1-2-11-12(7-10)25-6-5-24-11)3-4-17-15-14-16(19-8-18-14)21-9-20-15/h1-2,7-9H,3-6H2,(H,22,23)(H2,17,18,19,20,21). The van der Waals surface area contributed by atoms with E-state index in [0.29, 0.717) is 48.4 Å². The molecule has 25 heavy (non-hydrogen) atoms. The van der Waals surface area contributed by atoms with Crippen molar-refractivity contribution in [2.75, 3.05) is 30.4 Å². The average molecular weight is 340 g/mol. The molecule has 3 N–H and O–H groups in total. The van der Waals surface area contributed by atoms with Crippen molar-refractivity contribution >= 4 is 28.6 Å². The third-order valence-electron chi connectivity index (χ3n) is 3.69. The Morgan fingerprint density at radius 1 is 1.16 bits per heavy atom. The number of nitrogens with one attached hydrogen (secondary N) is 3. The van der Waals surface area contributed by atoms with Gasteiger partial charge >= 0.3 is 0 Å². The smallest absolute Gasteiger partial charge is 0.226 e. The molecule has 9 heteroatoms. The Bertz CT molecular complexity index is 910. The molecule has 0 atom stereocenters. The number of hydrogen-bond acceptors (Lipinski definition) is 7. The van der Waals surface area contributed by atoms with Crippen LogP contribution >= 0.6 is 0 Å². The van der Waals surface area contributed by atoms with E-state index < -0.39 is 0 Å². The predicted octanol–water partition coefficient (Wildman–Crippen LogP) is 1.56. The highest BCUT2D eigenvalue weighted by atomic mass is 16.6. The number of carbonyl (C=O) groups is 1. The number of carbonyl (C=O) groups excluding carboxylic acids is 1. The fraction of sp³-hybridized carbons (Fsp3) is 0.250. The van der Waals surface area contributed by atoms with Gasteiger partial charge in [0.15, 0.2) is 23.0 Å². The van der Waals surface area contributed by atoms with Gasteiger partial charge in [0.2, 0.25) is 5.91 Å². The van der Waals surface area contributed by atoms with E-state index in [1.165, 1.54) is 6.33 Å². The molecule has 1 aliphatic heterocycles. The molecule has 9 nitrogen and oxygen atoms in total. The summed E-state index contributed by atoms with van der Waals surface area (Å²) < 4.78 is 11.0. The molecule has 4 rings (SSSR count). The molecule has 3 heterocycles. The minimum Gasteiger partial charge on any atom is -0.486 e. The van der Waals surface area contributed by atoms with Crippen LogP contribution in [0.2, 0.25) is 0 Å². The highest BCUT2D eigenvalue weighted by molar-refractivity contribution is 5.91. The molecule has 0 bridgehead atoms. The van der Waals surface area contributed by atoms with Gasteiger partial charge in [0.25, 0.3) is 0 Å². The van der Waals surface area contributed by atoms with E-state index in [9.17, 15) is 4.79 Å². The number of benzene rings is 1. The first kappa shape index (κ1) is 15.2. The van der Waals surface area contributed by atoms with Crippen LogP contribution in [-0.2, 0) is 4.79 Å². The van der Waals surface area contributed by atoms with Crippen molar-refractivity contribution in [3.63, 3.8) is 0 Å². The molecular weight excluding hydrogens is 324 g/mol. The number of hydrogen-bond donors (Lipinski definition) is 3. The number of fused-ring (bicyclic) bond motifs is 2. The lowest BCUT2D eigenvalue weighted by molar-refractivity contribution is -0.115. The van der Waals surface area contributed by atoms with Gasteiger partial charge in [-0.15, -0.1) is 0 Å². The Kier molecular flexibility index (Phi) is 4.03. The van der Waals surface area contributed by atoms with Crippen molar-refractivity contribution in [1.29, 1.82) is 0 Å². The lowest BCUT2D eigenvalue weighted by Gasteiger charge is -2.19. The number of rotatable bonds is 5. The lowest BCUT2D eigenvalue weighted by Crippen LogP contribution is -2.18. The highest BCUT2D eigenvalue weighted by Gasteiger charge is 2.13. The number of anilines is 2. The van der Waals surface area contributed by atoms with E-state index in [1.807, 2.05) is 0 Å². The third-order valence-corrected chi connectivity index (χ3v) is 3.69. The van der Waals surface area contributed by atoms with Crippen molar-refractivity contribution in [3.05, 3.63) is 30.9 Å². The van der Waals surface area contributed by atoms with Crippen molar-refractivity contribution < 1.29 is 14.3 Å². The first-order valence-corrected chi connectivity index (χ1v) is 7.87. The molecule has 0 saturated carbocycles. The van der Waals surface area contributed by atoms with Gasteiger partial charge in [-0.25, -0.2) is 15.0 Å². The third kappa shape index (κ3) is 3.30. The summed E-state index contributed by atoms with van der Waals surface area (Å²) in [5, 5.41) is 5.96. The zero-order valence-electron chi connectivity index (χ0n) is 13.3. The number of imidazole rings is 1. The van der Waals surface area contributed by atoms with E-state index in [-0.39, 0.29) is 12.3 Å². The second kappa shape index (κ2) is 6.63. The summed E-state index contributed by atoms with van der Waals surface area (Å²) in [4.78, 5) is 27.3. The van der Waals surface area contributed by atoms with Crippen LogP contribution in [0.4, 0.5) is 11.5 Å². The molecule has 0 saturated heterocycles. The molecule has 2 aromatic heterocycles. The van der Waals surface area contributed by atoms with Crippen molar-refractivity contribution in [2.45, 2.75) is 6.42 Å². The van der Waals surface area contributed by atoms with E-state index in [0.717, 1.165) is 5.52 Å². The number of aromatic nitrogens is 4. The molecule has 128 valence electrons. The monoisotopic (exact) mass is 340 g/mol. The van der Waals surface area contributed by atoms with Crippen LogP contribution in [0.5, 0.6) is 11.5 Å². The fourth-order valence-corrected chi connectivity index (χ4v) is 2.54. The van der Waals surface area contributed by atoms with Crippen LogP contribution in [0.15, 0.2) is 30.9 Å². The van der Waals surface area contributed by atoms with Crippen LogP contribution < -0.4 is 20.1 Å². The second-order valence-corrected chi connectivity index (χ2v) is 5.41. The summed E-state index contributed by atoms with van der Waals surface area (Å²) >= 11 is 0. The Morgan fingerprint density at radius 3 is 2.96 bits per heavy atom. The van der Waals surface area contributed by atoms with Crippen LogP contribution in [0, 0.1) is 0 Å². The van der Waals surface area contributed by atoms with Gasteiger partial charge < -0.3 is 25.1 Å². The van der Waals surface area contributed by atoms with Crippen molar-refractivity contribution in [3.8, 4) is 11.5 Å². The largest absolute Gasteiger partial charge is 0.486 e. The minimum absolute atomic E-state index is 0.112. The van der Waals surface area contributed by atoms with Gasteiger partial charge in [-0.05, 0) is 12.1 Å². The first-order chi connectivity index (χ1) is 12.3. The quantitative estimate of drug-likeness (QED) is 0.646. The first-order valence-electron chi connectivity index (χ1n) is 7.87. The average Bonchev–Trinajstić information content (AvgIpc) is 3.11. The Balaban J connectivity index is 1.33. The second-order valence-electron chi connectivity index (χ2n) is 5.41. The number of nitrogens with zero attached hydrogens (tertiary/aromatic N) is 3. The summed E-state index contributed by atoms with van der Waals surface area (Å²) in [6, 6.07) is 5.34. The maximum Gasteiger partial charge on any atom is 0.226 e. The molecule has 1 aliphatic rings. The molecule has 0 aliphatic carbocycles. The molecular formula is C16H16N6O3. The predicted molar refractivity (Wildman–Crippen MR) is 90.9 cm³/mol. The Morgan fingerprint density at radius 2 is 2.04 bits per heavy atom. The van der Waals surface area contributed by atoms with Crippen molar-refractivity contribution in [2.24, 2.45) is 0 Å². The van der Waals surface area contributed by atoms with Gasteiger partial charge in [0.1, 0.15) is 25.1 Å². The maximum absolute atomic E-state index is 12.1. The summed E-state index contributed by atoms with van der Waals surface area (Å²) in [6.07, 6.45) is 3.27. The summed E-state index contributed by atoms with van der Waals surface area (Å²) in [5.74, 6) is 1.84. The van der Waals surface area contributed by atoms with Crippen LogP contribution in [0.1, 0.15) is 6.42 Å². The summed E-state index contributed by atoms with van der Waals surface area (Å²) in [5.41, 5.74) is 1.97. The Hall–Kier alpha value is -3.36. The van der Waals surface area contributed by atoms with E-state index in [1.54, 1.807) is 24.5 Å². The molecule has 3 aromatic rings. The van der Waals surface area contributed by atoms with Gasteiger partial charge in [-0.3, -0.25) is 4.79 Å². The molecule has 1 aromatic carbocycles. The maximum atomic E-state index is 12.1. The minimum atomic E-state index is -0.112. The molecule has 0 unspecified atom stereocenters. The summed E-state index contributed by atoms with van der Waals surface area (Å²) in [7, 11) is 0. The fourth-order valence-electron chi connectivity index (χ4n) is 2.54. The molecule has 0 fully saturated rings. The van der Waals surface area contributed by atoms with Gasteiger partial charge in [0.05, 0.1) is 6.33 Å². The number of aromatic amines is 1. The van der Waals surface area contributed by atoms with E-state index >= 15 is 0 Å². The van der Waals surface area contributed by atoms with Crippen LogP contribution in [-0.4, -0.2) is 45.6 Å². The number of ether oxygens (including phenoxy) is 2. The topological polar surface area (TPSA) is 114 Å². The van der Waals surface area contributed by atoms with E-state index in [2.05, 4.69) is 30.6 Å². The van der Waals surface area contributed by atoms with Gasteiger partial charge in [-0.2, -0.15) is 0 Å². The Labute approximate surface area is 142 Å². The number of H-pyrrole nitrogens is 1. The van der Waals surface area contributed by atoms with Crippen LogP contribution in [0.25, 0.3) is 11.2 Å². The molecule has 1 amide bonds. The van der Waals surface area contributed by atoms with E-state index in [4.69, 9.17) is 9.47 Å². The zero-order valence-corrected chi connectivity index (χ0v) is 13.3. The van der Waals surface area contributed by atoms with Crippen LogP contribution in [0.3, 0.4) is 0 Å².